The average Bonchev–Trinajstić information content (AvgIpc) is 3.39. The number of aliphatic hydroxyl groups is 8. The first-order valence-corrected chi connectivity index (χ1v) is 30.1. The molecular weight excluding hydrogens is 931 g/mol. The van der Waals surface area contributed by atoms with Gasteiger partial charge >= 0.3 is 0 Å². The van der Waals surface area contributed by atoms with E-state index in [0.29, 0.717) is 6.42 Å². The van der Waals surface area contributed by atoms with Crippen molar-refractivity contribution >= 4 is 5.91 Å². The van der Waals surface area contributed by atoms with Gasteiger partial charge in [-0.2, -0.15) is 0 Å². The first-order valence-electron chi connectivity index (χ1n) is 30.1. The molecule has 430 valence electrons. The predicted octanol–water partition coefficient (Wildman–Crippen LogP) is 10.1. The zero-order valence-corrected chi connectivity index (χ0v) is 46.1. The molecule has 2 rings (SSSR count). The number of carbonyl (C=O) groups is 1. The number of carbonyl (C=O) groups excluding carboxylic acids is 1. The third-order valence-corrected chi connectivity index (χ3v) is 14.9. The lowest BCUT2D eigenvalue weighted by Crippen LogP contribution is -2.65. The van der Waals surface area contributed by atoms with Crippen LogP contribution in [0.4, 0.5) is 0 Å². The summed E-state index contributed by atoms with van der Waals surface area (Å²) in [5.74, 6) is -0.239. The van der Waals surface area contributed by atoms with Gasteiger partial charge in [-0.3, -0.25) is 4.79 Å². The average molecular weight is 1040 g/mol. The Labute approximate surface area is 443 Å². The molecule has 12 unspecified atom stereocenters. The lowest BCUT2D eigenvalue weighted by molar-refractivity contribution is -0.359. The van der Waals surface area contributed by atoms with Crippen molar-refractivity contribution in [1.29, 1.82) is 0 Å². The van der Waals surface area contributed by atoms with Crippen LogP contribution in [0.15, 0.2) is 24.3 Å². The number of hydrogen-bond donors (Lipinski definition) is 9. The molecule has 1 amide bonds. The van der Waals surface area contributed by atoms with Gasteiger partial charge in [0.1, 0.15) is 48.8 Å². The molecule has 14 nitrogen and oxygen atoms in total. The van der Waals surface area contributed by atoms with Crippen LogP contribution in [0.3, 0.4) is 0 Å². The summed E-state index contributed by atoms with van der Waals surface area (Å²) in [4.78, 5) is 13.3. The van der Waals surface area contributed by atoms with Gasteiger partial charge in [-0.25, -0.2) is 0 Å². The molecule has 0 radical (unpaired) electrons. The smallest absolute Gasteiger partial charge is 0.220 e. The van der Waals surface area contributed by atoms with Crippen molar-refractivity contribution in [2.24, 2.45) is 0 Å². The second-order valence-electron chi connectivity index (χ2n) is 21.5. The standard InChI is InChI=1S/C59H111NO13/c1-3-5-7-9-11-13-15-17-19-21-23-25-26-28-30-32-34-36-38-40-42-48(63)47(60-51(64)43-41-39-37-35-33-31-29-27-24-22-20-18-16-14-12-10-8-6-4-2)46-70-58-56(69)54(67)57(50(45-62)72-58)73-59-55(68)53(66)52(65)49(44-61)71-59/h18,20,40,42,47-50,52-59,61-63,65-69H,3-17,19,21-39,41,43-46H2,1-2H3,(H,60,64)/b20-18-,42-40+. The molecule has 0 spiro atoms. The summed E-state index contributed by atoms with van der Waals surface area (Å²) < 4.78 is 22.8. The van der Waals surface area contributed by atoms with Gasteiger partial charge in [0.15, 0.2) is 12.6 Å². The summed E-state index contributed by atoms with van der Waals surface area (Å²) in [7, 11) is 0. The van der Waals surface area contributed by atoms with Crippen molar-refractivity contribution in [3.8, 4) is 0 Å². The van der Waals surface area contributed by atoms with Gasteiger partial charge in [0.2, 0.25) is 5.91 Å². The Balaban J connectivity index is 1.77. The van der Waals surface area contributed by atoms with E-state index in [4.69, 9.17) is 18.9 Å². The largest absolute Gasteiger partial charge is 0.394 e. The second-order valence-corrected chi connectivity index (χ2v) is 21.5. The molecule has 2 saturated heterocycles. The fourth-order valence-electron chi connectivity index (χ4n) is 9.99. The molecular formula is C59H111NO13. The van der Waals surface area contributed by atoms with E-state index in [0.717, 1.165) is 38.5 Å². The van der Waals surface area contributed by atoms with Crippen LogP contribution in [-0.4, -0.2) is 140 Å². The highest BCUT2D eigenvalue weighted by Crippen LogP contribution is 2.30. The summed E-state index contributed by atoms with van der Waals surface area (Å²) >= 11 is 0. The van der Waals surface area contributed by atoms with Crippen LogP contribution >= 0.6 is 0 Å². The molecule has 0 aromatic rings. The normalized spacial score (nSPS) is 25.5. The van der Waals surface area contributed by atoms with E-state index in [-0.39, 0.29) is 18.9 Å². The molecule has 2 fully saturated rings. The molecule has 2 aliphatic heterocycles. The van der Waals surface area contributed by atoms with Gasteiger partial charge in [0.05, 0.1) is 32.0 Å². The highest BCUT2D eigenvalue weighted by Gasteiger charge is 2.51. The van der Waals surface area contributed by atoms with Gasteiger partial charge in [-0.15, -0.1) is 0 Å². The van der Waals surface area contributed by atoms with E-state index in [1.165, 1.54) is 186 Å². The predicted molar refractivity (Wildman–Crippen MR) is 291 cm³/mol. The fraction of sp³-hybridized carbons (Fsp3) is 0.915. The molecule has 0 aliphatic carbocycles. The van der Waals surface area contributed by atoms with Crippen molar-refractivity contribution in [3.05, 3.63) is 24.3 Å². The van der Waals surface area contributed by atoms with E-state index in [2.05, 4.69) is 31.3 Å². The van der Waals surface area contributed by atoms with Gasteiger partial charge < -0.3 is 65.1 Å². The van der Waals surface area contributed by atoms with Crippen LogP contribution < -0.4 is 5.32 Å². The minimum atomic E-state index is -1.79. The maximum Gasteiger partial charge on any atom is 0.220 e. The number of allylic oxidation sites excluding steroid dienone is 3. The molecule has 12 atom stereocenters. The van der Waals surface area contributed by atoms with Crippen LogP contribution in [0.5, 0.6) is 0 Å². The minimum Gasteiger partial charge on any atom is -0.394 e. The molecule has 0 aromatic carbocycles. The second kappa shape index (κ2) is 45.5. The maximum absolute atomic E-state index is 13.3. The van der Waals surface area contributed by atoms with E-state index >= 15 is 0 Å². The molecule has 9 N–H and O–H groups in total. The molecule has 73 heavy (non-hydrogen) atoms. The monoisotopic (exact) mass is 1040 g/mol. The first-order chi connectivity index (χ1) is 35.6. The Kier molecular flexibility index (Phi) is 42.1. The summed E-state index contributed by atoms with van der Waals surface area (Å²) in [6, 6.07) is -0.913. The molecule has 2 aliphatic rings. The lowest BCUT2D eigenvalue weighted by Gasteiger charge is -2.46. The number of nitrogens with one attached hydrogen (secondary N) is 1. The zero-order valence-electron chi connectivity index (χ0n) is 46.1. The van der Waals surface area contributed by atoms with Gasteiger partial charge in [0, 0.05) is 6.42 Å². The van der Waals surface area contributed by atoms with Crippen molar-refractivity contribution in [2.45, 2.75) is 325 Å². The van der Waals surface area contributed by atoms with E-state index in [9.17, 15) is 45.6 Å². The van der Waals surface area contributed by atoms with Crippen molar-refractivity contribution in [1.82, 2.24) is 5.32 Å². The Morgan fingerprint density at radius 2 is 0.863 bits per heavy atom. The molecule has 0 saturated carbocycles. The Hall–Kier alpha value is -1.53. The number of unbranched alkanes of at least 4 members (excludes halogenated alkanes) is 33. The third-order valence-electron chi connectivity index (χ3n) is 14.9. The summed E-state index contributed by atoms with van der Waals surface area (Å²) in [6.45, 7) is 2.82. The highest BCUT2D eigenvalue weighted by molar-refractivity contribution is 5.76. The van der Waals surface area contributed by atoms with Gasteiger partial charge in [-0.05, 0) is 44.9 Å². The van der Waals surface area contributed by atoms with Crippen molar-refractivity contribution in [3.63, 3.8) is 0 Å². The fourth-order valence-corrected chi connectivity index (χ4v) is 9.99. The summed E-state index contributed by atoms with van der Waals surface area (Å²) in [5.41, 5.74) is 0. The van der Waals surface area contributed by atoms with Crippen LogP contribution in [0.1, 0.15) is 251 Å². The number of hydrogen-bond acceptors (Lipinski definition) is 13. The Morgan fingerprint density at radius 1 is 0.479 bits per heavy atom. The highest BCUT2D eigenvalue weighted by atomic mass is 16.7. The number of aliphatic hydroxyl groups excluding tert-OH is 8. The molecule has 14 heteroatoms. The van der Waals surface area contributed by atoms with Crippen LogP contribution in [0, 0.1) is 0 Å². The zero-order chi connectivity index (χ0) is 53.2. The Morgan fingerprint density at radius 3 is 1.30 bits per heavy atom. The number of rotatable bonds is 48. The number of amides is 1. The summed E-state index contributed by atoms with van der Waals surface area (Å²) in [5, 5.41) is 87.1. The Bertz CT molecular complexity index is 1320. The SMILES string of the molecule is CCCCCCCC/C=C\CCCCCCCCCCCC(=O)NC(COC1OC(CO)C(OC2OC(CO)C(O)C(O)C2O)C(O)C1O)C(O)/C=C/CCCCCCCCCCCCCCCCCCCC. The van der Waals surface area contributed by atoms with Crippen molar-refractivity contribution < 1.29 is 64.6 Å². The van der Waals surface area contributed by atoms with E-state index in [1.807, 2.05) is 6.08 Å². The molecule has 2 heterocycles. The minimum absolute atomic E-state index is 0.239. The van der Waals surface area contributed by atoms with Gasteiger partial charge in [-0.1, -0.05) is 224 Å². The van der Waals surface area contributed by atoms with Crippen LogP contribution in [-0.2, 0) is 23.7 Å². The van der Waals surface area contributed by atoms with Crippen molar-refractivity contribution in [2.75, 3.05) is 19.8 Å². The quantitative estimate of drug-likeness (QED) is 0.0204. The first kappa shape index (κ1) is 67.6. The van der Waals surface area contributed by atoms with Crippen LogP contribution in [0.2, 0.25) is 0 Å². The van der Waals surface area contributed by atoms with E-state index < -0.39 is 86.8 Å². The molecule has 0 bridgehead atoms. The molecule has 0 aromatic heterocycles. The van der Waals surface area contributed by atoms with E-state index in [1.54, 1.807) is 6.08 Å². The van der Waals surface area contributed by atoms with Crippen LogP contribution in [0.25, 0.3) is 0 Å². The topological polar surface area (TPSA) is 228 Å². The third kappa shape index (κ3) is 31.5. The lowest BCUT2D eigenvalue weighted by atomic mass is 9.97. The maximum atomic E-state index is 13.3. The van der Waals surface area contributed by atoms with Gasteiger partial charge in [0.25, 0.3) is 0 Å². The summed E-state index contributed by atoms with van der Waals surface area (Å²) in [6.07, 6.45) is 36.4. The number of ether oxygens (including phenoxy) is 4.